The Bertz CT molecular complexity index is 1200. The molecule has 0 aliphatic carbocycles. The lowest BCUT2D eigenvalue weighted by atomic mass is 10.2. The van der Waals surface area contributed by atoms with Crippen molar-refractivity contribution in [3.05, 3.63) is 41.5 Å². The molecular weight excluding hydrogens is 453 g/mol. The zero-order valence-electron chi connectivity index (χ0n) is 18.8. The van der Waals surface area contributed by atoms with E-state index in [-0.39, 0.29) is 30.1 Å². The summed E-state index contributed by atoms with van der Waals surface area (Å²) in [6.07, 6.45) is -4.52. The molecule has 0 spiro atoms. The van der Waals surface area contributed by atoms with Crippen molar-refractivity contribution in [3.8, 4) is 0 Å². The van der Waals surface area contributed by atoms with E-state index in [1.54, 1.807) is 4.90 Å². The summed E-state index contributed by atoms with van der Waals surface area (Å²) in [6, 6.07) is 6.20. The predicted octanol–water partition coefficient (Wildman–Crippen LogP) is 3.04. The largest absolute Gasteiger partial charge is 0.449 e. The highest BCUT2D eigenvalue weighted by molar-refractivity contribution is 5.96. The quantitative estimate of drug-likeness (QED) is 0.567. The van der Waals surface area contributed by atoms with Crippen molar-refractivity contribution in [3.63, 3.8) is 0 Å². The summed E-state index contributed by atoms with van der Waals surface area (Å²) in [4.78, 5) is 32.6. The van der Waals surface area contributed by atoms with E-state index in [9.17, 15) is 22.8 Å². The number of amides is 2. The predicted molar refractivity (Wildman–Crippen MR) is 117 cm³/mol. The van der Waals surface area contributed by atoms with Gasteiger partial charge in [0.1, 0.15) is 0 Å². The summed E-state index contributed by atoms with van der Waals surface area (Å²) >= 11 is 0. The normalized spacial score (nSPS) is 16.7. The van der Waals surface area contributed by atoms with Crippen LogP contribution in [0.4, 0.5) is 18.9 Å². The summed E-state index contributed by atoms with van der Waals surface area (Å²) < 4.78 is 45.9. The number of nitrogens with one attached hydrogen (secondary N) is 2. The highest BCUT2D eigenvalue weighted by atomic mass is 19.4. The molecule has 182 valence electrons. The molecule has 0 radical (unpaired) electrons. The van der Waals surface area contributed by atoms with E-state index >= 15 is 0 Å². The Balaban J connectivity index is 1.32. The summed E-state index contributed by atoms with van der Waals surface area (Å²) in [5, 5.41) is 7.03. The molecule has 1 fully saturated rings. The van der Waals surface area contributed by atoms with Gasteiger partial charge in [-0.1, -0.05) is 0 Å². The van der Waals surface area contributed by atoms with Crippen molar-refractivity contribution in [1.82, 2.24) is 24.6 Å². The van der Waals surface area contributed by atoms with Crippen LogP contribution < -0.4 is 5.32 Å². The number of benzene rings is 1. The molecule has 9 nitrogen and oxygen atoms in total. The van der Waals surface area contributed by atoms with Gasteiger partial charge in [0.25, 0.3) is 5.91 Å². The van der Waals surface area contributed by atoms with Crippen LogP contribution in [-0.2, 0) is 27.0 Å². The van der Waals surface area contributed by atoms with Crippen molar-refractivity contribution < 1.29 is 27.5 Å². The van der Waals surface area contributed by atoms with Gasteiger partial charge in [-0.15, -0.1) is 0 Å². The van der Waals surface area contributed by atoms with E-state index in [2.05, 4.69) is 20.4 Å². The summed E-state index contributed by atoms with van der Waals surface area (Å²) in [5.74, 6) is -1.65. The number of carbonyl (C=O) groups excluding carboxylic acids is 2. The maximum atomic E-state index is 12.8. The monoisotopic (exact) mass is 478 g/mol. The van der Waals surface area contributed by atoms with Gasteiger partial charge in [-0.3, -0.25) is 14.3 Å². The number of carbonyl (C=O) groups is 2. The number of anilines is 1. The molecule has 1 unspecified atom stereocenters. The zero-order valence-corrected chi connectivity index (χ0v) is 18.8. The van der Waals surface area contributed by atoms with Crippen LogP contribution >= 0.6 is 0 Å². The Morgan fingerprint density at radius 2 is 2.06 bits per heavy atom. The highest BCUT2D eigenvalue weighted by Crippen LogP contribution is 2.29. The van der Waals surface area contributed by atoms with Crippen LogP contribution in [-0.4, -0.2) is 62.3 Å². The maximum Gasteiger partial charge on any atom is 0.449 e. The highest BCUT2D eigenvalue weighted by Gasteiger charge is 2.35. The SMILES string of the molecule is Cc1cc(C)n(CCCC(=O)N2CCOC(C(=O)Nc3ccc4nc(C(F)(F)F)[nH]c4c3)C2)n1. The van der Waals surface area contributed by atoms with Crippen LogP contribution in [0.25, 0.3) is 11.0 Å². The number of H-pyrrole nitrogens is 1. The molecule has 0 bridgehead atoms. The van der Waals surface area contributed by atoms with Crippen LogP contribution in [0.2, 0.25) is 0 Å². The van der Waals surface area contributed by atoms with Gasteiger partial charge in [0.15, 0.2) is 6.10 Å². The number of alkyl halides is 3. The minimum atomic E-state index is -4.59. The summed E-state index contributed by atoms with van der Waals surface area (Å²) in [5.41, 5.74) is 2.55. The smallest absolute Gasteiger partial charge is 0.365 e. The van der Waals surface area contributed by atoms with Crippen molar-refractivity contribution in [2.75, 3.05) is 25.0 Å². The van der Waals surface area contributed by atoms with Crippen LogP contribution in [0.5, 0.6) is 0 Å². The fraction of sp³-hybridized carbons (Fsp3) is 0.455. The van der Waals surface area contributed by atoms with E-state index < -0.39 is 24.0 Å². The van der Waals surface area contributed by atoms with Crippen molar-refractivity contribution in [1.29, 1.82) is 0 Å². The van der Waals surface area contributed by atoms with Crippen molar-refractivity contribution >= 4 is 28.5 Å². The van der Waals surface area contributed by atoms with Gasteiger partial charge in [0.2, 0.25) is 11.7 Å². The number of nitrogens with zero attached hydrogens (tertiary/aromatic N) is 4. The molecule has 2 aromatic heterocycles. The second-order valence-corrected chi connectivity index (χ2v) is 8.26. The molecule has 1 aliphatic rings. The van der Waals surface area contributed by atoms with E-state index in [4.69, 9.17) is 4.74 Å². The number of ether oxygens (including phenoxy) is 1. The fourth-order valence-electron chi connectivity index (χ4n) is 3.92. The number of aromatic amines is 1. The molecule has 1 aromatic carbocycles. The second kappa shape index (κ2) is 9.45. The molecule has 1 aliphatic heterocycles. The van der Waals surface area contributed by atoms with E-state index in [1.165, 1.54) is 18.2 Å². The molecule has 12 heteroatoms. The molecular formula is C22H25F3N6O3. The third kappa shape index (κ3) is 5.38. The van der Waals surface area contributed by atoms with E-state index in [1.807, 2.05) is 24.6 Å². The maximum absolute atomic E-state index is 12.8. The van der Waals surface area contributed by atoms with Crippen molar-refractivity contribution in [2.45, 2.75) is 45.5 Å². The standard InChI is InChI=1S/C22H25F3N6O3/c1-13-10-14(2)31(29-13)7-3-4-19(32)30-8-9-34-18(12-30)20(33)26-15-5-6-16-17(11-15)28-21(27-16)22(23,24)25/h5-6,10-11,18H,3-4,7-9,12H2,1-2H3,(H,26,33)(H,27,28). The molecule has 4 rings (SSSR count). The first-order valence-corrected chi connectivity index (χ1v) is 10.9. The van der Waals surface area contributed by atoms with E-state index in [0.717, 1.165) is 11.4 Å². The average molecular weight is 478 g/mol. The average Bonchev–Trinajstić information content (AvgIpc) is 3.35. The van der Waals surface area contributed by atoms with Gasteiger partial charge in [-0.25, -0.2) is 4.98 Å². The third-order valence-electron chi connectivity index (χ3n) is 5.59. The van der Waals surface area contributed by atoms with Crippen molar-refractivity contribution in [2.24, 2.45) is 0 Å². The first-order chi connectivity index (χ1) is 16.1. The van der Waals surface area contributed by atoms with Crippen LogP contribution in [0.15, 0.2) is 24.3 Å². The number of hydrogen-bond donors (Lipinski definition) is 2. The van der Waals surface area contributed by atoms with Gasteiger partial charge in [-0.2, -0.15) is 18.3 Å². The Hall–Kier alpha value is -3.41. The molecule has 1 saturated heterocycles. The summed E-state index contributed by atoms with van der Waals surface area (Å²) in [6.45, 7) is 5.23. The van der Waals surface area contributed by atoms with Crippen LogP contribution in [0.3, 0.4) is 0 Å². The minimum absolute atomic E-state index is 0.0683. The number of aryl methyl sites for hydroxylation is 3. The van der Waals surface area contributed by atoms with Gasteiger partial charge >= 0.3 is 6.18 Å². The van der Waals surface area contributed by atoms with Gasteiger partial charge in [0, 0.05) is 30.9 Å². The third-order valence-corrected chi connectivity index (χ3v) is 5.59. The first-order valence-electron chi connectivity index (χ1n) is 10.9. The minimum Gasteiger partial charge on any atom is -0.365 e. The Morgan fingerprint density at radius 1 is 1.26 bits per heavy atom. The topological polar surface area (TPSA) is 105 Å². The molecule has 3 aromatic rings. The second-order valence-electron chi connectivity index (χ2n) is 8.26. The number of imidazole rings is 1. The number of fused-ring (bicyclic) bond motifs is 1. The molecule has 1 atom stereocenters. The number of halogens is 3. The molecule has 3 heterocycles. The lowest BCUT2D eigenvalue weighted by Gasteiger charge is -2.32. The molecule has 34 heavy (non-hydrogen) atoms. The van der Waals surface area contributed by atoms with Gasteiger partial charge in [-0.05, 0) is 44.5 Å². The Morgan fingerprint density at radius 3 is 2.76 bits per heavy atom. The fourth-order valence-corrected chi connectivity index (χ4v) is 3.92. The Labute approximate surface area is 193 Å². The zero-order chi connectivity index (χ0) is 24.5. The van der Waals surface area contributed by atoms with Gasteiger partial charge in [0.05, 0.1) is 29.9 Å². The lowest BCUT2D eigenvalue weighted by molar-refractivity contribution is -0.145. The number of aromatic nitrogens is 4. The van der Waals surface area contributed by atoms with Crippen LogP contribution in [0, 0.1) is 13.8 Å². The van der Waals surface area contributed by atoms with E-state index in [0.29, 0.717) is 31.6 Å². The van der Waals surface area contributed by atoms with Crippen LogP contribution in [0.1, 0.15) is 30.1 Å². The number of morpholine rings is 1. The Kier molecular flexibility index (Phi) is 6.60. The molecule has 0 saturated carbocycles. The first kappa shape index (κ1) is 23.7. The molecule has 2 amide bonds. The number of hydrogen-bond acceptors (Lipinski definition) is 5. The van der Waals surface area contributed by atoms with Gasteiger partial charge < -0.3 is 19.9 Å². The molecule has 2 N–H and O–H groups in total. The summed E-state index contributed by atoms with van der Waals surface area (Å²) in [7, 11) is 0. The number of rotatable bonds is 6. The lowest BCUT2D eigenvalue weighted by Crippen LogP contribution is -2.50.